The number of ether oxygens (including phenoxy) is 1. The van der Waals surface area contributed by atoms with Gasteiger partial charge < -0.3 is 19.2 Å². The van der Waals surface area contributed by atoms with Crippen LogP contribution in [0.2, 0.25) is 5.02 Å². The second kappa shape index (κ2) is 10.5. The summed E-state index contributed by atoms with van der Waals surface area (Å²) in [5, 5.41) is 1.56. The lowest BCUT2D eigenvalue weighted by molar-refractivity contribution is -0.133. The van der Waals surface area contributed by atoms with E-state index in [0.717, 1.165) is 22.9 Å². The summed E-state index contributed by atoms with van der Waals surface area (Å²) in [5.41, 5.74) is 1.89. The van der Waals surface area contributed by atoms with Crippen LogP contribution in [-0.2, 0) is 27.3 Å². The van der Waals surface area contributed by atoms with Gasteiger partial charge in [-0.15, -0.1) is 4.72 Å². The van der Waals surface area contributed by atoms with Crippen molar-refractivity contribution < 1.29 is 14.1 Å². The summed E-state index contributed by atoms with van der Waals surface area (Å²) in [6, 6.07) is 14.6. The molecule has 6 nitrogen and oxygen atoms in total. The molecule has 2 unspecified atom stereocenters. The van der Waals surface area contributed by atoms with Crippen molar-refractivity contribution in [3.63, 3.8) is 0 Å². The van der Waals surface area contributed by atoms with E-state index in [0.29, 0.717) is 49.1 Å². The Kier molecular flexibility index (Phi) is 7.53. The van der Waals surface area contributed by atoms with E-state index >= 15 is 0 Å². The maximum absolute atomic E-state index is 13.4. The van der Waals surface area contributed by atoms with Crippen LogP contribution in [0.4, 0.5) is 0 Å². The van der Waals surface area contributed by atoms with Gasteiger partial charge in [0.25, 0.3) is 0 Å². The first kappa shape index (κ1) is 22.2. The molecule has 1 aromatic heterocycles. The summed E-state index contributed by atoms with van der Waals surface area (Å²) in [7, 11) is 0. The smallest absolute Gasteiger partial charge is 0.244 e. The molecule has 0 radical (unpaired) electrons. The van der Waals surface area contributed by atoms with Crippen LogP contribution >= 0.6 is 11.6 Å². The number of aromatic amines is 1. The molecule has 0 spiro atoms. The predicted molar refractivity (Wildman–Crippen MR) is 123 cm³/mol. The SMILES string of the molecule is O=C(C(CCc1ccccc1Cl)N[S+]([O-])c1cccc2[nH]ccc12)N1CCCOCC1. The van der Waals surface area contributed by atoms with Gasteiger partial charge in [0.1, 0.15) is 6.04 Å². The van der Waals surface area contributed by atoms with E-state index in [1.165, 1.54) is 0 Å². The molecular formula is C23H26ClN3O3S. The number of rotatable bonds is 7. The summed E-state index contributed by atoms with van der Waals surface area (Å²) in [4.78, 5) is 19.0. The number of hydrogen-bond acceptors (Lipinski definition) is 4. The van der Waals surface area contributed by atoms with Gasteiger partial charge in [-0.1, -0.05) is 35.9 Å². The van der Waals surface area contributed by atoms with Crippen molar-refractivity contribution in [1.29, 1.82) is 0 Å². The summed E-state index contributed by atoms with van der Waals surface area (Å²) < 4.78 is 21.9. The van der Waals surface area contributed by atoms with Crippen LogP contribution in [0.1, 0.15) is 18.4 Å². The van der Waals surface area contributed by atoms with E-state index < -0.39 is 17.4 Å². The molecule has 31 heavy (non-hydrogen) atoms. The largest absolute Gasteiger partial charge is 0.593 e. The van der Waals surface area contributed by atoms with Gasteiger partial charge in [0, 0.05) is 30.9 Å². The highest BCUT2D eigenvalue weighted by Gasteiger charge is 2.30. The Labute approximate surface area is 190 Å². The molecule has 0 saturated carbocycles. The zero-order valence-corrected chi connectivity index (χ0v) is 18.8. The highest BCUT2D eigenvalue weighted by Crippen LogP contribution is 2.23. The second-order valence-electron chi connectivity index (χ2n) is 7.56. The number of H-pyrrole nitrogens is 1. The average molecular weight is 460 g/mol. The number of carbonyl (C=O) groups excluding carboxylic acids is 1. The van der Waals surface area contributed by atoms with E-state index in [2.05, 4.69) is 9.71 Å². The van der Waals surface area contributed by atoms with Crippen molar-refractivity contribution in [2.24, 2.45) is 0 Å². The van der Waals surface area contributed by atoms with Gasteiger partial charge in [-0.25, -0.2) is 0 Å². The maximum atomic E-state index is 13.4. The van der Waals surface area contributed by atoms with Crippen molar-refractivity contribution in [2.45, 2.75) is 30.2 Å². The number of amides is 1. The molecule has 0 bridgehead atoms. The van der Waals surface area contributed by atoms with Gasteiger partial charge in [0.05, 0.1) is 28.9 Å². The highest BCUT2D eigenvalue weighted by atomic mass is 35.5. The Morgan fingerprint density at radius 3 is 2.94 bits per heavy atom. The van der Waals surface area contributed by atoms with Crippen molar-refractivity contribution in [3.8, 4) is 0 Å². The lowest BCUT2D eigenvalue weighted by Crippen LogP contribution is -2.49. The van der Waals surface area contributed by atoms with E-state index in [9.17, 15) is 9.35 Å². The first-order chi connectivity index (χ1) is 15.1. The van der Waals surface area contributed by atoms with E-state index in [1.54, 1.807) is 0 Å². The molecule has 2 N–H and O–H groups in total. The molecule has 1 aliphatic heterocycles. The van der Waals surface area contributed by atoms with Crippen LogP contribution in [-0.4, -0.2) is 52.7 Å². The number of benzene rings is 2. The summed E-state index contributed by atoms with van der Waals surface area (Å²) >= 11 is 4.78. The quantitative estimate of drug-likeness (QED) is 0.528. The summed E-state index contributed by atoms with van der Waals surface area (Å²) in [6.07, 6.45) is 3.73. The summed E-state index contributed by atoms with van der Waals surface area (Å²) in [6.45, 7) is 2.36. The third-order valence-corrected chi connectivity index (χ3v) is 7.12. The van der Waals surface area contributed by atoms with Crippen LogP contribution in [0.5, 0.6) is 0 Å². The molecule has 2 aromatic carbocycles. The molecule has 1 aliphatic rings. The van der Waals surface area contributed by atoms with Gasteiger partial charge in [0.15, 0.2) is 4.90 Å². The van der Waals surface area contributed by atoms with Crippen molar-refractivity contribution in [1.82, 2.24) is 14.6 Å². The Morgan fingerprint density at radius 2 is 2.06 bits per heavy atom. The standard InChI is InChI=1S/C23H26ClN3O3S/c24-19-6-2-1-5-17(19)9-10-21(23(28)27-13-4-15-30-16-14-27)26-31(29)22-8-3-7-20-18(22)11-12-25-20/h1-3,5-8,11-12,21,25-26H,4,9-10,13-16H2. The van der Waals surface area contributed by atoms with Crippen molar-refractivity contribution in [2.75, 3.05) is 26.3 Å². The first-order valence-electron chi connectivity index (χ1n) is 10.5. The predicted octanol–water partition coefficient (Wildman–Crippen LogP) is 3.68. The van der Waals surface area contributed by atoms with Gasteiger partial charge in [-0.3, -0.25) is 4.79 Å². The molecule has 0 aliphatic carbocycles. The molecular weight excluding hydrogens is 434 g/mol. The molecule has 3 aromatic rings. The third-order valence-electron chi connectivity index (χ3n) is 5.50. The lowest BCUT2D eigenvalue weighted by atomic mass is 10.0. The number of hydrogen-bond donors (Lipinski definition) is 2. The fourth-order valence-electron chi connectivity index (χ4n) is 3.83. The number of aryl methyl sites for hydroxylation is 1. The first-order valence-corrected chi connectivity index (χ1v) is 12.0. The molecule has 2 heterocycles. The molecule has 1 fully saturated rings. The van der Waals surface area contributed by atoms with Crippen molar-refractivity contribution in [3.05, 3.63) is 65.3 Å². The van der Waals surface area contributed by atoms with E-state index in [4.69, 9.17) is 16.3 Å². The minimum Gasteiger partial charge on any atom is -0.593 e. The van der Waals surface area contributed by atoms with Crippen LogP contribution in [0.15, 0.2) is 59.6 Å². The number of fused-ring (bicyclic) bond motifs is 1. The molecule has 2 atom stereocenters. The highest BCUT2D eigenvalue weighted by molar-refractivity contribution is 7.89. The number of nitrogens with zero attached hydrogens (tertiary/aromatic N) is 1. The minimum atomic E-state index is -1.54. The second-order valence-corrected chi connectivity index (χ2v) is 9.18. The zero-order valence-electron chi connectivity index (χ0n) is 17.2. The Morgan fingerprint density at radius 1 is 1.19 bits per heavy atom. The lowest BCUT2D eigenvalue weighted by Gasteiger charge is -2.26. The third kappa shape index (κ3) is 5.42. The average Bonchev–Trinajstić information content (AvgIpc) is 3.10. The van der Waals surface area contributed by atoms with Crippen LogP contribution in [0.3, 0.4) is 0 Å². The Hall–Kier alpha value is -2.03. The van der Waals surface area contributed by atoms with Gasteiger partial charge >= 0.3 is 0 Å². The van der Waals surface area contributed by atoms with Crippen LogP contribution in [0, 0.1) is 0 Å². The number of aromatic nitrogens is 1. The number of carbonyl (C=O) groups is 1. The molecule has 1 amide bonds. The van der Waals surface area contributed by atoms with Crippen LogP contribution in [0.25, 0.3) is 10.9 Å². The fraction of sp³-hybridized carbons (Fsp3) is 0.348. The van der Waals surface area contributed by atoms with Crippen LogP contribution < -0.4 is 4.72 Å². The maximum Gasteiger partial charge on any atom is 0.244 e. The van der Waals surface area contributed by atoms with Crippen molar-refractivity contribution >= 4 is 39.8 Å². The monoisotopic (exact) mass is 459 g/mol. The normalized spacial score (nSPS) is 16.8. The molecule has 8 heteroatoms. The summed E-state index contributed by atoms with van der Waals surface area (Å²) in [5.74, 6) is -0.0489. The zero-order chi connectivity index (χ0) is 21.6. The Balaban J connectivity index is 1.54. The van der Waals surface area contributed by atoms with Gasteiger partial charge in [0.2, 0.25) is 5.91 Å². The molecule has 4 rings (SSSR count). The van der Waals surface area contributed by atoms with E-state index in [-0.39, 0.29) is 5.91 Å². The fourth-order valence-corrected chi connectivity index (χ4v) is 5.25. The molecule has 164 valence electrons. The Bertz CT molecular complexity index is 1020. The number of halogens is 1. The van der Waals surface area contributed by atoms with Gasteiger partial charge in [-0.2, -0.15) is 0 Å². The number of nitrogens with one attached hydrogen (secondary N) is 2. The van der Waals surface area contributed by atoms with Gasteiger partial charge in [-0.05, 0) is 49.1 Å². The topological polar surface area (TPSA) is 80.4 Å². The van der Waals surface area contributed by atoms with E-state index in [1.807, 2.05) is 59.6 Å². The molecule has 1 saturated heterocycles. The minimum absolute atomic E-state index is 0.0489.